The summed E-state index contributed by atoms with van der Waals surface area (Å²) in [5, 5.41) is 0.597. The molecule has 0 bridgehead atoms. The zero-order valence-corrected chi connectivity index (χ0v) is 9.07. The van der Waals surface area contributed by atoms with Gasteiger partial charge in [-0.15, -0.1) is 0 Å². The van der Waals surface area contributed by atoms with Gasteiger partial charge in [-0.3, -0.25) is 4.79 Å². The summed E-state index contributed by atoms with van der Waals surface area (Å²) in [5.74, 6) is -0.0330. The Hall–Kier alpha value is -1.06. The molecule has 1 aliphatic heterocycles. The Morgan fingerprint density at radius 2 is 2.13 bits per heavy atom. The number of hydrogen-bond acceptors (Lipinski definition) is 2. The van der Waals surface area contributed by atoms with E-state index in [1.54, 1.807) is 11.0 Å². The molecule has 0 saturated carbocycles. The van der Waals surface area contributed by atoms with Crippen LogP contribution in [0.3, 0.4) is 0 Å². The van der Waals surface area contributed by atoms with E-state index in [2.05, 4.69) is 0 Å². The number of rotatable bonds is 1. The van der Waals surface area contributed by atoms with Gasteiger partial charge in [-0.25, -0.2) is 0 Å². The Balaban J connectivity index is 2.30. The average molecular weight is 225 g/mol. The van der Waals surface area contributed by atoms with Crippen LogP contribution in [-0.4, -0.2) is 18.5 Å². The highest BCUT2D eigenvalue weighted by Crippen LogP contribution is 2.27. The fourth-order valence-electron chi connectivity index (χ4n) is 1.81. The van der Waals surface area contributed by atoms with E-state index >= 15 is 0 Å². The number of anilines is 1. The van der Waals surface area contributed by atoms with E-state index < -0.39 is 0 Å². The van der Waals surface area contributed by atoms with Crippen molar-refractivity contribution in [2.45, 2.75) is 18.9 Å². The topological polar surface area (TPSA) is 46.3 Å². The van der Waals surface area contributed by atoms with Crippen LogP contribution in [0.15, 0.2) is 24.3 Å². The highest BCUT2D eigenvalue weighted by atomic mass is 35.5. The van der Waals surface area contributed by atoms with Crippen molar-refractivity contribution in [2.75, 3.05) is 11.4 Å². The molecule has 0 radical (unpaired) electrons. The van der Waals surface area contributed by atoms with Crippen molar-refractivity contribution >= 4 is 23.2 Å². The van der Waals surface area contributed by atoms with Crippen LogP contribution < -0.4 is 10.6 Å². The molecule has 1 atom stereocenters. The van der Waals surface area contributed by atoms with E-state index in [0.717, 1.165) is 18.5 Å². The van der Waals surface area contributed by atoms with Crippen molar-refractivity contribution in [3.63, 3.8) is 0 Å². The van der Waals surface area contributed by atoms with E-state index in [4.69, 9.17) is 17.3 Å². The minimum Gasteiger partial charge on any atom is -0.320 e. The molecule has 80 valence electrons. The lowest BCUT2D eigenvalue weighted by atomic mass is 10.1. The molecule has 1 aliphatic rings. The van der Waals surface area contributed by atoms with Gasteiger partial charge in [-0.1, -0.05) is 23.7 Å². The minimum absolute atomic E-state index is 0.0330. The van der Waals surface area contributed by atoms with Gasteiger partial charge >= 0.3 is 0 Å². The summed E-state index contributed by atoms with van der Waals surface area (Å²) in [5.41, 5.74) is 6.49. The Morgan fingerprint density at radius 3 is 2.87 bits per heavy atom. The molecule has 1 aromatic carbocycles. The molecule has 1 fully saturated rings. The van der Waals surface area contributed by atoms with E-state index in [0.29, 0.717) is 11.6 Å². The number of halogens is 1. The van der Waals surface area contributed by atoms with Gasteiger partial charge in [-0.2, -0.15) is 0 Å². The predicted octanol–water partition coefficient (Wildman–Crippen LogP) is 1.79. The number of hydrogen-bond donors (Lipinski definition) is 1. The first-order valence-electron chi connectivity index (χ1n) is 5.01. The van der Waals surface area contributed by atoms with E-state index in [9.17, 15) is 4.79 Å². The van der Waals surface area contributed by atoms with Crippen LogP contribution in [-0.2, 0) is 4.79 Å². The molecule has 0 aliphatic carbocycles. The molecule has 4 heteroatoms. The van der Waals surface area contributed by atoms with Gasteiger partial charge in [0.1, 0.15) is 0 Å². The van der Waals surface area contributed by atoms with E-state index in [1.165, 1.54) is 0 Å². The summed E-state index contributed by atoms with van der Waals surface area (Å²) in [7, 11) is 0. The zero-order valence-electron chi connectivity index (χ0n) is 8.32. The van der Waals surface area contributed by atoms with Gasteiger partial charge in [-0.05, 0) is 25.0 Å². The lowest BCUT2D eigenvalue weighted by Gasteiger charge is -2.30. The van der Waals surface area contributed by atoms with Gasteiger partial charge in [0.25, 0.3) is 0 Å². The molecule has 1 heterocycles. The van der Waals surface area contributed by atoms with Crippen molar-refractivity contribution in [1.29, 1.82) is 0 Å². The van der Waals surface area contributed by atoms with Crippen molar-refractivity contribution in [3.8, 4) is 0 Å². The van der Waals surface area contributed by atoms with Gasteiger partial charge in [0.15, 0.2) is 0 Å². The molecule has 2 N–H and O–H groups in total. The zero-order chi connectivity index (χ0) is 10.8. The second-order valence-electron chi connectivity index (χ2n) is 3.69. The normalized spacial score (nSPS) is 21.9. The maximum atomic E-state index is 11.8. The van der Waals surface area contributed by atoms with E-state index in [-0.39, 0.29) is 11.9 Å². The summed E-state index contributed by atoms with van der Waals surface area (Å²) in [6, 6.07) is 6.97. The lowest BCUT2D eigenvalue weighted by molar-refractivity contribution is -0.120. The summed E-state index contributed by atoms with van der Waals surface area (Å²) >= 11 is 6.04. The highest BCUT2D eigenvalue weighted by Gasteiger charge is 2.27. The number of nitrogens with two attached hydrogens (primary N) is 1. The molecule has 2 rings (SSSR count). The Morgan fingerprint density at radius 1 is 1.40 bits per heavy atom. The predicted molar refractivity (Wildman–Crippen MR) is 61.0 cm³/mol. The van der Waals surface area contributed by atoms with Crippen LogP contribution in [0.25, 0.3) is 0 Å². The quantitative estimate of drug-likeness (QED) is 0.791. The first-order chi connectivity index (χ1) is 7.20. The standard InChI is InChI=1S/C11H13ClN2O/c12-8-4-1-2-6-10(8)14-7-3-5-9(13)11(14)15/h1-2,4,6,9H,3,5,7,13H2. The maximum absolute atomic E-state index is 11.8. The first kappa shape index (κ1) is 10.5. The van der Waals surface area contributed by atoms with Crippen molar-refractivity contribution in [1.82, 2.24) is 0 Å². The van der Waals surface area contributed by atoms with Crippen LogP contribution in [0.5, 0.6) is 0 Å². The maximum Gasteiger partial charge on any atom is 0.243 e. The molecule has 0 aromatic heterocycles. The number of piperidine rings is 1. The number of carbonyl (C=O) groups is 1. The van der Waals surface area contributed by atoms with Crippen LogP contribution in [0.1, 0.15) is 12.8 Å². The molecule has 1 saturated heterocycles. The minimum atomic E-state index is -0.380. The number of benzene rings is 1. The molecule has 1 unspecified atom stereocenters. The second kappa shape index (κ2) is 4.21. The van der Waals surface area contributed by atoms with Gasteiger partial charge in [0.2, 0.25) is 5.91 Å². The Kier molecular flexibility index (Phi) is 2.93. The van der Waals surface area contributed by atoms with Crippen LogP contribution in [0.4, 0.5) is 5.69 Å². The molecule has 1 amide bonds. The van der Waals surface area contributed by atoms with Gasteiger partial charge < -0.3 is 10.6 Å². The van der Waals surface area contributed by atoms with Crippen LogP contribution in [0.2, 0.25) is 5.02 Å². The number of para-hydroxylation sites is 1. The summed E-state index contributed by atoms with van der Waals surface area (Å²) < 4.78 is 0. The van der Waals surface area contributed by atoms with E-state index in [1.807, 2.05) is 18.2 Å². The highest BCUT2D eigenvalue weighted by molar-refractivity contribution is 6.33. The first-order valence-corrected chi connectivity index (χ1v) is 5.39. The van der Waals surface area contributed by atoms with Crippen molar-refractivity contribution in [3.05, 3.63) is 29.3 Å². The summed E-state index contributed by atoms with van der Waals surface area (Å²) in [4.78, 5) is 13.5. The largest absolute Gasteiger partial charge is 0.320 e. The van der Waals surface area contributed by atoms with Crippen LogP contribution >= 0.6 is 11.6 Å². The molecular formula is C11H13ClN2O. The Bertz CT molecular complexity index is 381. The number of nitrogens with zero attached hydrogens (tertiary/aromatic N) is 1. The molecular weight excluding hydrogens is 212 g/mol. The molecule has 3 nitrogen and oxygen atoms in total. The van der Waals surface area contributed by atoms with Gasteiger partial charge in [0.05, 0.1) is 16.8 Å². The molecule has 15 heavy (non-hydrogen) atoms. The fraction of sp³-hybridized carbons (Fsp3) is 0.364. The third kappa shape index (κ3) is 1.98. The lowest BCUT2D eigenvalue weighted by Crippen LogP contribution is -2.48. The van der Waals surface area contributed by atoms with Crippen molar-refractivity contribution in [2.24, 2.45) is 5.73 Å². The van der Waals surface area contributed by atoms with Crippen LogP contribution in [0, 0.1) is 0 Å². The second-order valence-corrected chi connectivity index (χ2v) is 4.10. The molecule has 0 spiro atoms. The summed E-state index contributed by atoms with van der Waals surface area (Å²) in [6.45, 7) is 0.705. The Labute approximate surface area is 93.8 Å². The van der Waals surface area contributed by atoms with Crippen molar-refractivity contribution < 1.29 is 4.79 Å². The summed E-state index contributed by atoms with van der Waals surface area (Å²) in [6.07, 6.45) is 1.69. The fourth-order valence-corrected chi connectivity index (χ4v) is 2.05. The SMILES string of the molecule is NC1CCCN(c2ccccc2Cl)C1=O. The third-order valence-corrected chi connectivity index (χ3v) is 2.94. The smallest absolute Gasteiger partial charge is 0.243 e. The average Bonchev–Trinajstić information content (AvgIpc) is 2.23. The monoisotopic (exact) mass is 224 g/mol. The number of carbonyl (C=O) groups excluding carboxylic acids is 1. The molecule has 1 aromatic rings. The van der Waals surface area contributed by atoms with Gasteiger partial charge in [0, 0.05) is 6.54 Å². The number of amides is 1. The third-order valence-electron chi connectivity index (χ3n) is 2.62.